The second-order valence-corrected chi connectivity index (χ2v) is 6.31. The summed E-state index contributed by atoms with van der Waals surface area (Å²) < 4.78 is 11.4. The fraction of sp³-hybridized carbons (Fsp3) is 0.143. The number of hydrogen-bond donors (Lipinski definition) is 3. The zero-order chi connectivity index (χ0) is 19.3. The Hall–Kier alpha value is -3.58. The van der Waals surface area contributed by atoms with Crippen molar-refractivity contribution in [3.8, 4) is 17.4 Å². The van der Waals surface area contributed by atoms with E-state index in [1.54, 1.807) is 12.3 Å². The van der Waals surface area contributed by atoms with Crippen LogP contribution in [-0.4, -0.2) is 28.1 Å². The minimum atomic E-state index is 0.437. The monoisotopic (exact) mass is 375 g/mol. The molecule has 0 aliphatic heterocycles. The summed E-state index contributed by atoms with van der Waals surface area (Å²) in [5.41, 5.74) is 8.47. The van der Waals surface area contributed by atoms with Gasteiger partial charge in [-0.15, -0.1) is 0 Å². The summed E-state index contributed by atoms with van der Waals surface area (Å²) >= 11 is 0. The van der Waals surface area contributed by atoms with E-state index in [1.165, 1.54) is 0 Å². The molecule has 0 saturated carbocycles. The quantitative estimate of drug-likeness (QED) is 0.449. The molecule has 2 aromatic heterocycles. The third-order valence-corrected chi connectivity index (χ3v) is 4.06. The molecule has 7 nitrogen and oxygen atoms in total. The average Bonchev–Trinajstić information content (AvgIpc) is 3.06. The first-order valence-electron chi connectivity index (χ1n) is 9.00. The second-order valence-electron chi connectivity index (χ2n) is 6.31. The Balaban J connectivity index is 1.49. The largest absolute Gasteiger partial charge is 0.492 e. The Morgan fingerprint density at radius 3 is 2.89 bits per heavy atom. The molecule has 0 fully saturated rings. The maximum atomic E-state index is 5.91. The molecule has 142 valence electrons. The van der Waals surface area contributed by atoms with Gasteiger partial charge in [-0.05, 0) is 43.3 Å². The standard InChI is InChI=1S/C21H21N5O2/c1-14-11-15-12-18(5-6-19(15)24-14)28-20-7-9-23-21(26-20)25-16-3-2-4-17(13-16)27-10-8-22/h2-7,9,11-13,24H,8,10,22H2,1H3,(H,23,25,26). The molecule has 4 rings (SSSR count). The Kier molecular flexibility index (Phi) is 5.07. The highest BCUT2D eigenvalue weighted by Crippen LogP contribution is 2.26. The van der Waals surface area contributed by atoms with Crippen LogP contribution in [0.3, 0.4) is 0 Å². The van der Waals surface area contributed by atoms with Gasteiger partial charge in [-0.25, -0.2) is 4.98 Å². The van der Waals surface area contributed by atoms with E-state index in [9.17, 15) is 0 Å². The smallest absolute Gasteiger partial charge is 0.230 e. The number of aromatic nitrogens is 3. The molecule has 0 unspecified atom stereocenters. The van der Waals surface area contributed by atoms with Crippen molar-refractivity contribution in [2.45, 2.75) is 6.92 Å². The highest BCUT2D eigenvalue weighted by Gasteiger charge is 2.05. The van der Waals surface area contributed by atoms with Crippen molar-refractivity contribution in [1.29, 1.82) is 0 Å². The van der Waals surface area contributed by atoms with Crippen molar-refractivity contribution >= 4 is 22.5 Å². The molecule has 2 heterocycles. The molecule has 0 saturated heterocycles. The van der Waals surface area contributed by atoms with E-state index in [-0.39, 0.29) is 0 Å². The van der Waals surface area contributed by atoms with Crippen LogP contribution in [0.2, 0.25) is 0 Å². The van der Waals surface area contributed by atoms with Crippen LogP contribution in [0.25, 0.3) is 10.9 Å². The molecule has 2 aromatic carbocycles. The zero-order valence-electron chi connectivity index (χ0n) is 15.5. The number of nitrogens with one attached hydrogen (secondary N) is 2. The van der Waals surface area contributed by atoms with E-state index >= 15 is 0 Å². The molecule has 4 aromatic rings. The Morgan fingerprint density at radius 1 is 1.07 bits per heavy atom. The number of hydrogen-bond acceptors (Lipinski definition) is 6. The maximum absolute atomic E-state index is 5.91. The summed E-state index contributed by atoms with van der Waals surface area (Å²) in [6.45, 7) is 2.96. The third-order valence-electron chi connectivity index (χ3n) is 4.06. The number of fused-ring (bicyclic) bond motifs is 1. The fourth-order valence-corrected chi connectivity index (χ4v) is 2.87. The first-order valence-corrected chi connectivity index (χ1v) is 9.00. The van der Waals surface area contributed by atoms with Crippen LogP contribution in [0.5, 0.6) is 17.4 Å². The number of rotatable bonds is 7. The Labute approximate surface area is 162 Å². The number of aryl methyl sites for hydroxylation is 1. The van der Waals surface area contributed by atoms with E-state index in [4.69, 9.17) is 15.2 Å². The average molecular weight is 375 g/mol. The lowest BCUT2D eigenvalue weighted by atomic mass is 10.2. The number of ether oxygens (including phenoxy) is 2. The summed E-state index contributed by atoms with van der Waals surface area (Å²) in [4.78, 5) is 12.0. The molecule has 28 heavy (non-hydrogen) atoms. The molecule has 0 atom stereocenters. The van der Waals surface area contributed by atoms with Crippen molar-refractivity contribution in [2.75, 3.05) is 18.5 Å². The molecule has 0 bridgehead atoms. The Morgan fingerprint density at radius 2 is 2.00 bits per heavy atom. The van der Waals surface area contributed by atoms with Gasteiger partial charge in [0.25, 0.3) is 0 Å². The van der Waals surface area contributed by atoms with Crippen LogP contribution >= 0.6 is 0 Å². The number of anilines is 2. The minimum Gasteiger partial charge on any atom is -0.492 e. The number of nitrogens with two attached hydrogens (primary N) is 1. The maximum Gasteiger partial charge on any atom is 0.230 e. The molecule has 0 radical (unpaired) electrons. The van der Waals surface area contributed by atoms with Crippen molar-refractivity contribution in [3.05, 3.63) is 66.5 Å². The Bertz CT molecular complexity index is 1090. The van der Waals surface area contributed by atoms with Gasteiger partial charge >= 0.3 is 0 Å². The third kappa shape index (κ3) is 4.21. The number of benzene rings is 2. The molecule has 4 N–H and O–H groups in total. The first kappa shape index (κ1) is 17.8. The van der Waals surface area contributed by atoms with Gasteiger partial charge in [0, 0.05) is 47.2 Å². The van der Waals surface area contributed by atoms with Gasteiger partial charge in [0.05, 0.1) is 0 Å². The SMILES string of the molecule is Cc1cc2cc(Oc3ccnc(Nc4cccc(OCCN)c4)n3)ccc2[nH]1. The van der Waals surface area contributed by atoms with Crippen molar-refractivity contribution in [3.63, 3.8) is 0 Å². The highest BCUT2D eigenvalue weighted by atomic mass is 16.5. The van der Waals surface area contributed by atoms with Gasteiger partial charge in [-0.1, -0.05) is 6.07 Å². The number of nitrogens with zero attached hydrogens (tertiary/aromatic N) is 2. The van der Waals surface area contributed by atoms with Crippen molar-refractivity contribution in [1.82, 2.24) is 15.0 Å². The zero-order valence-corrected chi connectivity index (χ0v) is 15.5. The van der Waals surface area contributed by atoms with E-state index in [1.807, 2.05) is 49.4 Å². The number of H-pyrrole nitrogens is 1. The highest BCUT2D eigenvalue weighted by molar-refractivity contribution is 5.81. The van der Waals surface area contributed by atoms with Gasteiger partial charge < -0.3 is 25.5 Å². The van der Waals surface area contributed by atoms with E-state index in [0.29, 0.717) is 30.7 Å². The molecular weight excluding hydrogens is 354 g/mol. The summed E-state index contributed by atoms with van der Waals surface area (Å²) in [5.74, 6) is 2.35. The van der Waals surface area contributed by atoms with E-state index in [0.717, 1.165) is 28.0 Å². The normalized spacial score (nSPS) is 10.8. The lowest BCUT2D eigenvalue weighted by molar-refractivity contribution is 0.328. The molecule has 0 aliphatic carbocycles. The molecule has 7 heteroatoms. The van der Waals surface area contributed by atoms with Gasteiger partial charge in [0.15, 0.2) is 0 Å². The van der Waals surface area contributed by atoms with Crippen LogP contribution in [0.4, 0.5) is 11.6 Å². The van der Waals surface area contributed by atoms with Crippen molar-refractivity contribution < 1.29 is 9.47 Å². The van der Waals surface area contributed by atoms with Crippen LogP contribution in [0.15, 0.2) is 60.8 Å². The van der Waals surface area contributed by atoms with Crippen LogP contribution in [0, 0.1) is 6.92 Å². The van der Waals surface area contributed by atoms with Crippen LogP contribution in [0.1, 0.15) is 5.69 Å². The minimum absolute atomic E-state index is 0.437. The van der Waals surface area contributed by atoms with Gasteiger partial charge in [-0.3, -0.25) is 0 Å². The summed E-state index contributed by atoms with van der Waals surface area (Å²) in [6.07, 6.45) is 1.65. The van der Waals surface area contributed by atoms with E-state index < -0.39 is 0 Å². The lowest BCUT2D eigenvalue weighted by Gasteiger charge is -2.09. The van der Waals surface area contributed by atoms with Gasteiger partial charge in [0.2, 0.25) is 11.8 Å². The topological polar surface area (TPSA) is 98.1 Å². The van der Waals surface area contributed by atoms with E-state index in [2.05, 4.69) is 26.3 Å². The van der Waals surface area contributed by atoms with Gasteiger partial charge in [0.1, 0.15) is 18.1 Å². The van der Waals surface area contributed by atoms with Crippen molar-refractivity contribution in [2.24, 2.45) is 5.73 Å². The molecule has 0 amide bonds. The van der Waals surface area contributed by atoms with Crippen LogP contribution in [-0.2, 0) is 0 Å². The predicted molar refractivity (Wildman–Crippen MR) is 109 cm³/mol. The second kappa shape index (κ2) is 7.98. The predicted octanol–water partition coefficient (Wildman–Crippen LogP) is 4.14. The number of aromatic amines is 1. The molecular formula is C21H21N5O2. The molecule has 0 aliphatic rings. The lowest BCUT2D eigenvalue weighted by Crippen LogP contribution is -2.10. The summed E-state index contributed by atoms with van der Waals surface area (Å²) in [5, 5.41) is 4.26. The van der Waals surface area contributed by atoms with Crippen LogP contribution < -0.4 is 20.5 Å². The molecule has 0 spiro atoms. The summed E-state index contributed by atoms with van der Waals surface area (Å²) in [6, 6.07) is 17.2. The van der Waals surface area contributed by atoms with Gasteiger partial charge in [-0.2, -0.15) is 4.98 Å². The first-order chi connectivity index (χ1) is 13.7. The fourth-order valence-electron chi connectivity index (χ4n) is 2.87. The summed E-state index contributed by atoms with van der Waals surface area (Å²) in [7, 11) is 0.